The second-order valence-electron chi connectivity index (χ2n) is 5.57. The lowest BCUT2D eigenvalue weighted by Crippen LogP contribution is -2.40. The summed E-state index contributed by atoms with van der Waals surface area (Å²) in [7, 11) is 3.38. The van der Waals surface area contributed by atoms with E-state index in [4.69, 9.17) is 0 Å². The molecule has 0 atom stereocenters. The van der Waals surface area contributed by atoms with E-state index in [1.807, 2.05) is 13.0 Å². The first-order valence-corrected chi connectivity index (χ1v) is 7.49. The van der Waals surface area contributed by atoms with Crippen LogP contribution in [0.3, 0.4) is 0 Å². The summed E-state index contributed by atoms with van der Waals surface area (Å²) >= 11 is 0. The number of rotatable bonds is 7. The number of carbonyl (C=O) groups is 1. The first-order chi connectivity index (χ1) is 10.9. The molecular weight excluding hydrogens is 295 g/mol. The Morgan fingerprint density at radius 1 is 1.35 bits per heavy atom. The molecule has 0 aliphatic heterocycles. The van der Waals surface area contributed by atoms with E-state index >= 15 is 0 Å². The number of likely N-dealkylation sites (N-methyl/N-ethyl adjacent to an activating group) is 1. The molecule has 0 aliphatic rings. The molecule has 1 rings (SSSR count). The first-order valence-electron chi connectivity index (χ1n) is 7.49. The third-order valence-electron chi connectivity index (χ3n) is 3.02. The van der Waals surface area contributed by atoms with Crippen LogP contribution in [0.4, 0.5) is 4.39 Å². The molecule has 0 radical (unpaired) electrons. The van der Waals surface area contributed by atoms with Crippen LogP contribution in [0.5, 0.6) is 0 Å². The predicted octanol–water partition coefficient (Wildman–Crippen LogP) is 1.57. The van der Waals surface area contributed by atoms with Crippen molar-refractivity contribution < 1.29 is 9.18 Å². The van der Waals surface area contributed by atoms with Gasteiger partial charge in [-0.25, -0.2) is 9.38 Å². The highest BCUT2D eigenvalue weighted by molar-refractivity contribution is 5.84. The molecule has 0 aliphatic carbocycles. The molecule has 5 nitrogen and oxygen atoms in total. The maximum Gasteiger partial charge on any atom is 0.243 e. The summed E-state index contributed by atoms with van der Waals surface area (Å²) < 4.78 is 13.1. The fraction of sp³-hybridized carbons (Fsp3) is 0.412. The molecule has 2 N–H and O–H groups in total. The molecule has 1 aromatic rings. The third kappa shape index (κ3) is 7.99. The Morgan fingerprint density at radius 2 is 2.09 bits per heavy atom. The van der Waals surface area contributed by atoms with E-state index in [0.29, 0.717) is 25.5 Å². The molecule has 0 saturated heterocycles. The summed E-state index contributed by atoms with van der Waals surface area (Å²) in [6.07, 6.45) is 0.660. The summed E-state index contributed by atoms with van der Waals surface area (Å²) in [4.78, 5) is 17.4. The molecule has 0 unspecified atom stereocenters. The lowest BCUT2D eigenvalue weighted by atomic mass is 10.1. The van der Waals surface area contributed by atoms with E-state index in [-0.39, 0.29) is 18.3 Å². The van der Waals surface area contributed by atoms with Crippen LogP contribution in [0, 0.1) is 5.82 Å². The molecule has 0 spiro atoms. The average molecular weight is 320 g/mol. The minimum atomic E-state index is -0.242. The van der Waals surface area contributed by atoms with Crippen molar-refractivity contribution in [2.45, 2.75) is 13.3 Å². The molecule has 0 saturated carbocycles. The summed E-state index contributed by atoms with van der Waals surface area (Å²) in [5.74, 6) is 0.222. The van der Waals surface area contributed by atoms with Gasteiger partial charge in [0.2, 0.25) is 5.91 Å². The minimum absolute atomic E-state index is 0.0679. The molecule has 1 amide bonds. The van der Waals surface area contributed by atoms with Crippen LogP contribution in [0.15, 0.2) is 41.4 Å². The number of benzene rings is 1. The minimum Gasteiger partial charge on any atom is -0.356 e. The van der Waals surface area contributed by atoms with Gasteiger partial charge in [0.15, 0.2) is 5.96 Å². The number of aliphatic imine (C=N–C) groups is 1. The highest BCUT2D eigenvalue weighted by Crippen LogP contribution is 2.03. The monoisotopic (exact) mass is 320 g/mol. The van der Waals surface area contributed by atoms with Gasteiger partial charge in [0.05, 0.1) is 0 Å². The van der Waals surface area contributed by atoms with Gasteiger partial charge in [-0.1, -0.05) is 24.3 Å². The predicted molar refractivity (Wildman–Crippen MR) is 91.9 cm³/mol. The van der Waals surface area contributed by atoms with E-state index in [0.717, 1.165) is 11.1 Å². The number of nitrogens with zero attached hydrogens (tertiary/aromatic N) is 2. The Kier molecular flexibility index (Phi) is 7.80. The van der Waals surface area contributed by atoms with Crippen LogP contribution < -0.4 is 10.6 Å². The van der Waals surface area contributed by atoms with Crippen LogP contribution in [-0.2, 0) is 11.2 Å². The lowest BCUT2D eigenvalue weighted by Gasteiger charge is -2.14. The van der Waals surface area contributed by atoms with Crippen molar-refractivity contribution in [1.29, 1.82) is 0 Å². The fourth-order valence-electron chi connectivity index (χ4n) is 1.71. The maximum atomic E-state index is 13.1. The molecule has 23 heavy (non-hydrogen) atoms. The van der Waals surface area contributed by atoms with Gasteiger partial charge in [-0.05, 0) is 31.0 Å². The van der Waals surface area contributed by atoms with Gasteiger partial charge in [0, 0.05) is 27.2 Å². The van der Waals surface area contributed by atoms with Gasteiger partial charge in [-0.15, -0.1) is 0 Å². The smallest absolute Gasteiger partial charge is 0.243 e. The van der Waals surface area contributed by atoms with E-state index in [1.54, 1.807) is 20.2 Å². The fourth-order valence-corrected chi connectivity index (χ4v) is 1.71. The Hall–Kier alpha value is -2.37. The normalized spacial score (nSPS) is 11.0. The molecule has 1 aromatic carbocycles. The van der Waals surface area contributed by atoms with Gasteiger partial charge >= 0.3 is 0 Å². The number of halogens is 1. The van der Waals surface area contributed by atoms with Gasteiger partial charge < -0.3 is 15.5 Å². The van der Waals surface area contributed by atoms with Gasteiger partial charge in [0.25, 0.3) is 0 Å². The quantitative estimate of drug-likeness (QED) is 0.455. The average Bonchev–Trinajstić information content (AvgIpc) is 2.48. The molecule has 0 heterocycles. The van der Waals surface area contributed by atoms with Crippen LogP contribution in [0.1, 0.15) is 12.5 Å². The summed E-state index contributed by atoms with van der Waals surface area (Å²) in [6.45, 7) is 6.96. The zero-order valence-electron chi connectivity index (χ0n) is 14.0. The van der Waals surface area contributed by atoms with Crippen molar-refractivity contribution in [3.8, 4) is 0 Å². The number of hydrogen-bond acceptors (Lipinski definition) is 2. The zero-order chi connectivity index (χ0) is 17.2. The van der Waals surface area contributed by atoms with E-state index in [2.05, 4.69) is 22.2 Å². The largest absolute Gasteiger partial charge is 0.356 e. The number of guanidine groups is 1. The zero-order valence-corrected chi connectivity index (χ0v) is 14.0. The van der Waals surface area contributed by atoms with Crippen LogP contribution in [-0.4, -0.2) is 50.5 Å². The van der Waals surface area contributed by atoms with Crippen molar-refractivity contribution in [2.24, 2.45) is 4.99 Å². The number of carbonyl (C=O) groups excluding carboxylic acids is 1. The Morgan fingerprint density at radius 3 is 2.70 bits per heavy atom. The number of hydrogen-bond donors (Lipinski definition) is 2. The van der Waals surface area contributed by atoms with Crippen molar-refractivity contribution in [1.82, 2.24) is 15.5 Å². The Balaban J connectivity index is 2.56. The standard InChI is InChI=1S/C17H25FN4O/c1-13(2)11-20-17(21-12-16(23)22(3)4)19-9-8-14-6-5-7-15(18)10-14/h5-7,10H,1,8-9,11-12H2,2-4H3,(H2,19,20,21). The van der Waals surface area contributed by atoms with Crippen molar-refractivity contribution in [3.05, 3.63) is 47.8 Å². The third-order valence-corrected chi connectivity index (χ3v) is 3.02. The molecule has 0 aromatic heterocycles. The topological polar surface area (TPSA) is 56.7 Å². The number of amides is 1. The Labute approximate surface area is 137 Å². The highest BCUT2D eigenvalue weighted by atomic mass is 19.1. The second kappa shape index (κ2) is 9.61. The summed E-state index contributed by atoms with van der Waals surface area (Å²) in [5.41, 5.74) is 1.87. The molecule has 0 fully saturated rings. The van der Waals surface area contributed by atoms with Crippen molar-refractivity contribution in [2.75, 3.05) is 33.7 Å². The number of nitrogens with one attached hydrogen (secondary N) is 2. The second-order valence-corrected chi connectivity index (χ2v) is 5.57. The van der Waals surface area contributed by atoms with E-state index in [1.165, 1.54) is 17.0 Å². The molecule has 0 bridgehead atoms. The SMILES string of the molecule is C=C(C)CNC(=NCC(=O)N(C)C)NCCc1cccc(F)c1. The van der Waals surface area contributed by atoms with Gasteiger partial charge in [-0.2, -0.15) is 0 Å². The first kappa shape index (κ1) is 18.7. The Bertz CT molecular complexity index is 569. The van der Waals surface area contributed by atoms with Crippen LogP contribution >= 0.6 is 0 Å². The molecule has 126 valence electrons. The van der Waals surface area contributed by atoms with Crippen molar-refractivity contribution in [3.63, 3.8) is 0 Å². The highest BCUT2D eigenvalue weighted by Gasteiger charge is 2.04. The van der Waals surface area contributed by atoms with Crippen LogP contribution in [0.25, 0.3) is 0 Å². The van der Waals surface area contributed by atoms with E-state index < -0.39 is 0 Å². The van der Waals surface area contributed by atoms with Crippen LogP contribution in [0.2, 0.25) is 0 Å². The van der Waals surface area contributed by atoms with Gasteiger partial charge in [-0.3, -0.25) is 4.79 Å². The van der Waals surface area contributed by atoms with Gasteiger partial charge in [0.1, 0.15) is 12.4 Å². The summed E-state index contributed by atoms with van der Waals surface area (Å²) in [6, 6.07) is 6.49. The molecule has 6 heteroatoms. The maximum absolute atomic E-state index is 13.1. The van der Waals surface area contributed by atoms with Crippen molar-refractivity contribution >= 4 is 11.9 Å². The molecular formula is C17H25FN4O. The lowest BCUT2D eigenvalue weighted by molar-refractivity contribution is -0.127. The van der Waals surface area contributed by atoms with E-state index in [9.17, 15) is 9.18 Å². The summed E-state index contributed by atoms with van der Waals surface area (Å²) in [5, 5.41) is 6.25.